The molecule has 2 amide bonds. The predicted molar refractivity (Wildman–Crippen MR) is 229 cm³/mol. The van der Waals surface area contributed by atoms with E-state index in [1.807, 2.05) is 48.5 Å². The highest BCUT2D eigenvalue weighted by Crippen LogP contribution is 2.44. The number of carbonyl (C=O) groups is 7. The van der Waals surface area contributed by atoms with Crippen molar-refractivity contribution < 1.29 is 81.1 Å². The summed E-state index contributed by atoms with van der Waals surface area (Å²) < 4.78 is 49.8. The fourth-order valence-electron chi connectivity index (χ4n) is 7.32. The molecule has 1 heterocycles. The lowest BCUT2D eigenvalue weighted by Crippen LogP contribution is -2.63. The van der Waals surface area contributed by atoms with Crippen LogP contribution in [0.5, 0.6) is 11.5 Å². The van der Waals surface area contributed by atoms with Crippen LogP contribution >= 0.6 is 0 Å². The molecule has 1 saturated heterocycles. The van der Waals surface area contributed by atoms with Crippen LogP contribution in [-0.4, -0.2) is 97.4 Å². The Bertz CT molecular complexity index is 2470. The van der Waals surface area contributed by atoms with E-state index < -0.39 is 90.9 Å². The fraction of sp³-hybridized carbons (Fsp3) is 0.326. The number of fused-ring (bicyclic) bond motifs is 3. The third kappa shape index (κ3) is 13.0. The average molecular weight is 928 g/mol. The van der Waals surface area contributed by atoms with E-state index in [0.29, 0.717) is 0 Å². The van der Waals surface area contributed by atoms with Crippen molar-refractivity contribution in [2.45, 2.75) is 77.3 Å². The number of rotatable bonds is 17. The molecule has 0 saturated carbocycles. The third-order valence-electron chi connectivity index (χ3n) is 10.1. The van der Waals surface area contributed by atoms with Crippen molar-refractivity contribution in [3.8, 4) is 22.6 Å². The number of nitro benzene ring substituents is 1. The summed E-state index contributed by atoms with van der Waals surface area (Å²) in [4.78, 5) is 98.2. The molecule has 4 aromatic carbocycles. The zero-order chi connectivity index (χ0) is 48.2. The Morgan fingerprint density at radius 1 is 0.687 bits per heavy atom. The number of alkyl carbamates (subject to hydrolysis) is 1. The van der Waals surface area contributed by atoms with E-state index in [1.54, 1.807) is 0 Å². The Hall–Kier alpha value is -8.07. The molecule has 1 aliphatic heterocycles. The minimum absolute atomic E-state index is 0.0381. The summed E-state index contributed by atoms with van der Waals surface area (Å²) in [6, 6.07) is 24.5. The number of ether oxygens (including phenoxy) is 9. The first-order chi connectivity index (χ1) is 32.1. The SMILES string of the molecule is CC(=O)OC[C@H]1O[C@@H](Oc2ccc(COC(=O)Oc3ccc([N+](=O)[O-])cc3)cc2NC(=O)CCNC(=O)OCC2c3ccccc3-c3ccccc32)[C@H](OC(C)=O)[C@@H](OC(C)=O)[C@H]1OC(C)=O. The number of anilines is 1. The van der Waals surface area contributed by atoms with Crippen LogP contribution < -0.4 is 20.1 Å². The average Bonchev–Trinajstić information content (AvgIpc) is 3.60. The lowest BCUT2D eigenvalue weighted by Gasteiger charge is -2.44. The molecule has 0 radical (unpaired) electrons. The van der Waals surface area contributed by atoms with Crippen molar-refractivity contribution in [2.75, 3.05) is 25.1 Å². The summed E-state index contributed by atoms with van der Waals surface area (Å²) in [5.41, 5.74) is 4.12. The van der Waals surface area contributed by atoms with Crippen molar-refractivity contribution >= 4 is 53.4 Å². The molecule has 352 valence electrons. The lowest BCUT2D eigenvalue weighted by atomic mass is 9.98. The van der Waals surface area contributed by atoms with Crippen LogP contribution in [-0.2, 0) is 63.7 Å². The standard InChI is InChI=1S/C46H45N3O18/c1-25(50)59-24-39-41(62-26(2)51)42(63-27(3)52)43(64-28(4)53)44(67-39)66-38-18-13-29(22-61-46(56)65-31-16-14-30(15-17-31)49(57)58)21-37(38)48-40(54)19-20-47-45(55)60-23-36-34-11-7-5-9-32(34)33-10-6-8-12-35(33)36/h5-18,21,36,39,41-44H,19-20,22-24H2,1-4H3,(H,47,55)(H,48,54)/t39-,41+,42+,43-,44-/m1/s1. The van der Waals surface area contributed by atoms with Gasteiger partial charge in [0.25, 0.3) is 5.69 Å². The molecule has 0 aromatic heterocycles. The zero-order valence-electron chi connectivity index (χ0n) is 36.5. The molecule has 21 nitrogen and oxygen atoms in total. The van der Waals surface area contributed by atoms with E-state index >= 15 is 0 Å². The first-order valence-corrected chi connectivity index (χ1v) is 20.6. The quantitative estimate of drug-likeness (QED) is 0.0426. The van der Waals surface area contributed by atoms with Gasteiger partial charge in [-0.3, -0.25) is 34.1 Å². The van der Waals surface area contributed by atoms with Crippen LogP contribution in [0.25, 0.3) is 11.1 Å². The molecule has 2 aliphatic rings. The molecular weight excluding hydrogens is 883 g/mol. The molecule has 1 fully saturated rings. The maximum Gasteiger partial charge on any atom is 0.514 e. The summed E-state index contributed by atoms with van der Waals surface area (Å²) in [6.45, 7) is 3.20. The Labute approximate surface area is 382 Å². The Kier molecular flexibility index (Phi) is 16.0. The monoisotopic (exact) mass is 927 g/mol. The number of non-ortho nitro benzene ring substituents is 1. The van der Waals surface area contributed by atoms with Gasteiger partial charge in [-0.15, -0.1) is 0 Å². The van der Waals surface area contributed by atoms with Gasteiger partial charge in [-0.2, -0.15) is 0 Å². The maximum absolute atomic E-state index is 13.5. The second-order valence-corrected chi connectivity index (χ2v) is 15.0. The first kappa shape index (κ1) is 48.4. The van der Waals surface area contributed by atoms with Crippen LogP contribution in [0.15, 0.2) is 91.0 Å². The van der Waals surface area contributed by atoms with Crippen LogP contribution in [0.3, 0.4) is 0 Å². The summed E-state index contributed by atoms with van der Waals surface area (Å²) in [7, 11) is 0. The van der Waals surface area contributed by atoms with E-state index in [2.05, 4.69) is 10.6 Å². The molecule has 21 heteroatoms. The van der Waals surface area contributed by atoms with E-state index in [-0.39, 0.29) is 53.9 Å². The van der Waals surface area contributed by atoms with Gasteiger partial charge in [0.1, 0.15) is 37.4 Å². The van der Waals surface area contributed by atoms with Gasteiger partial charge < -0.3 is 53.3 Å². The summed E-state index contributed by atoms with van der Waals surface area (Å²) in [5.74, 6) is -4.36. The summed E-state index contributed by atoms with van der Waals surface area (Å²) >= 11 is 0. The van der Waals surface area contributed by atoms with Crippen LogP contribution in [0.2, 0.25) is 0 Å². The highest BCUT2D eigenvalue weighted by atomic mass is 16.7. The van der Waals surface area contributed by atoms with Crippen molar-refractivity contribution in [3.63, 3.8) is 0 Å². The molecule has 67 heavy (non-hydrogen) atoms. The van der Waals surface area contributed by atoms with E-state index in [4.69, 9.17) is 42.6 Å². The number of hydrogen-bond donors (Lipinski definition) is 2. The van der Waals surface area contributed by atoms with Gasteiger partial charge in [0.2, 0.25) is 18.3 Å². The first-order valence-electron chi connectivity index (χ1n) is 20.6. The smallest absolute Gasteiger partial charge is 0.463 e. The molecule has 5 atom stereocenters. The number of nitrogens with zero attached hydrogens (tertiary/aromatic N) is 1. The topological polar surface area (TPSA) is 270 Å². The highest BCUT2D eigenvalue weighted by molar-refractivity contribution is 5.92. The Morgan fingerprint density at radius 3 is 1.91 bits per heavy atom. The molecule has 0 unspecified atom stereocenters. The number of benzene rings is 4. The predicted octanol–water partition coefficient (Wildman–Crippen LogP) is 5.64. The Balaban J connectivity index is 1.19. The van der Waals surface area contributed by atoms with Gasteiger partial charge in [0.15, 0.2) is 12.2 Å². The molecule has 6 rings (SSSR count). The van der Waals surface area contributed by atoms with Crippen molar-refractivity contribution in [1.29, 1.82) is 0 Å². The molecule has 1 aliphatic carbocycles. The molecule has 0 bridgehead atoms. The molecule has 0 spiro atoms. The third-order valence-corrected chi connectivity index (χ3v) is 10.1. The van der Waals surface area contributed by atoms with Gasteiger partial charge in [-0.25, -0.2) is 9.59 Å². The summed E-state index contributed by atoms with van der Waals surface area (Å²) in [5, 5.41) is 16.2. The van der Waals surface area contributed by atoms with Crippen molar-refractivity contribution in [2.24, 2.45) is 0 Å². The van der Waals surface area contributed by atoms with Gasteiger partial charge >= 0.3 is 36.1 Å². The van der Waals surface area contributed by atoms with Crippen molar-refractivity contribution in [1.82, 2.24) is 5.32 Å². The number of esters is 4. The number of nitro groups is 1. The Morgan fingerprint density at radius 2 is 1.30 bits per heavy atom. The number of hydrogen-bond acceptors (Lipinski definition) is 18. The lowest BCUT2D eigenvalue weighted by molar-refractivity contribution is -0.384. The maximum atomic E-state index is 13.5. The molecule has 2 N–H and O–H groups in total. The fourth-order valence-corrected chi connectivity index (χ4v) is 7.32. The minimum Gasteiger partial charge on any atom is -0.463 e. The highest BCUT2D eigenvalue weighted by Gasteiger charge is 2.53. The largest absolute Gasteiger partial charge is 0.514 e. The molecular formula is C46H45N3O18. The number of nitrogens with one attached hydrogen (secondary N) is 2. The van der Waals surface area contributed by atoms with Crippen LogP contribution in [0.1, 0.15) is 56.7 Å². The van der Waals surface area contributed by atoms with Crippen molar-refractivity contribution in [3.05, 3.63) is 118 Å². The van der Waals surface area contributed by atoms with Gasteiger partial charge in [-0.05, 0) is 52.1 Å². The summed E-state index contributed by atoms with van der Waals surface area (Å²) in [6.07, 6.45) is -9.93. The van der Waals surface area contributed by atoms with Gasteiger partial charge in [0, 0.05) is 58.7 Å². The van der Waals surface area contributed by atoms with E-state index in [9.17, 15) is 43.7 Å². The van der Waals surface area contributed by atoms with Gasteiger partial charge in [0.05, 0.1) is 10.6 Å². The zero-order valence-corrected chi connectivity index (χ0v) is 36.5. The number of amides is 2. The minimum atomic E-state index is -1.69. The van der Waals surface area contributed by atoms with E-state index in [0.717, 1.165) is 62.1 Å². The number of carbonyl (C=O) groups excluding carboxylic acids is 7. The van der Waals surface area contributed by atoms with Gasteiger partial charge in [-0.1, -0.05) is 54.6 Å². The second kappa shape index (κ2) is 22.2. The van der Waals surface area contributed by atoms with Crippen LogP contribution in [0, 0.1) is 10.1 Å². The van der Waals surface area contributed by atoms with Crippen LogP contribution in [0.4, 0.5) is 21.0 Å². The second-order valence-electron chi connectivity index (χ2n) is 15.0. The normalized spacial score (nSPS) is 18.1. The van der Waals surface area contributed by atoms with E-state index in [1.165, 1.54) is 30.3 Å². The molecule has 4 aromatic rings.